The summed E-state index contributed by atoms with van der Waals surface area (Å²) in [6.07, 6.45) is -0.738. The van der Waals surface area contributed by atoms with Gasteiger partial charge in [0, 0.05) is 7.05 Å². The van der Waals surface area contributed by atoms with Gasteiger partial charge in [-0.05, 0) is 5.56 Å². The van der Waals surface area contributed by atoms with Crippen LogP contribution in [0.25, 0.3) is 0 Å². The summed E-state index contributed by atoms with van der Waals surface area (Å²) in [4.78, 5) is 26.4. The zero-order valence-corrected chi connectivity index (χ0v) is 9.43. The van der Waals surface area contributed by atoms with Gasteiger partial charge in [-0.3, -0.25) is 9.63 Å². The maximum Gasteiger partial charge on any atom is 0.431 e. The van der Waals surface area contributed by atoms with Gasteiger partial charge < -0.3 is 10.1 Å². The Morgan fingerprint density at radius 3 is 2.59 bits per heavy atom. The SMILES string of the molecule is CNC(=O)CONC(=O)OCc1ccccc1. The average molecular weight is 238 g/mol. The van der Waals surface area contributed by atoms with Crippen molar-refractivity contribution in [3.8, 4) is 0 Å². The van der Waals surface area contributed by atoms with Gasteiger partial charge in [0.15, 0.2) is 6.61 Å². The quantitative estimate of drug-likeness (QED) is 0.736. The van der Waals surface area contributed by atoms with Gasteiger partial charge in [0.2, 0.25) is 5.91 Å². The molecule has 0 aromatic heterocycles. The van der Waals surface area contributed by atoms with Crippen molar-refractivity contribution in [2.75, 3.05) is 13.7 Å². The second kappa shape index (κ2) is 7.24. The molecule has 2 amide bonds. The number of amides is 2. The highest BCUT2D eigenvalue weighted by molar-refractivity contribution is 5.77. The third-order valence-corrected chi connectivity index (χ3v) is 1.85. The number of rotatable bonds is 5. The summed E-state index contributed by atoms with van der Waals surface area (Å²) in [5, 5.41) is 2.34. The number of benzene rings is 1. The first kappa shape index (κ1) is 13.0. The molecule has 0 spiro atoms. The van der Waals surface area contributed by atoms with Gasteiger partial charge in [0.1, 0.15) is 6.61 Å². The summed E-state index contributed by atoms with van der Waals surface area (Å²) in [7, 11) is 1.47. The first-order chi connectivity index (χ1) is 8.22. The molecule has 0 fully saturated rings. The van der Waals surface area contributed by atoms with E-state index in [1.165, 1.54) is 7.05 Å². The van der Waals surface area contributed by atoms with Gasteiger partial charge in [-0.2, -0.15) is 5.48 Å². The molecule has 0 aliphatic carbocycles. The first-order valence-corrected chi connectivity index (χ1v) is 5.01. The molecule has 0 bridgehead atoms. The highest BCUT2D eigenvalue weighted by atomic mass is 16.7. The van der Waals surface area contributed by atoms with E-state index in [1.54, 1.807) is 0 Å². The molecular formula is C11H14N2O4. The van der Waals surface area contributed by atoms with Gasteiger partial charge in [-0.1, -0.05) is 30.3 Å². The largest absolute Gasteiger partial charge is 0.443 e. The van der Waals surface area contributed by atoms with Crippen LogP contribution in [0.2, 0.25) is 0 Å². The molecule has 0 saturated heterocycles. The fourth-order valence-corrected chi connectivity index (χ4v) is 0.985. The van der Waals surface area contributed by atoms with Crippen LogP contribution in [0, 0.1) is 0 Å². The van der Waals surface area contributed by atoms with E-state index in [9.17, 15) is 9.59 Å². The van der Waals surface area contributed by atoms with Gasteiger partial charge in [0.25, 0.3) is 0 Å². The van der Waals surface area contributed by atoms with E-state index in [2.05, 4.69) is 10.2 Å². The van der Waals surface area contributed by atoms with Crippen LogP contribution in [0.15, 0.2) is 30.3 Å². The predicted octanol–water partition coefficient (Wildman–Crippen LogP) is 0.590. The fraction of sp³-hybridized carbons (Fsp3) is 0.273. The highest BCUT2D eigenvalue weighted by Crippen LogP contribution is 2.00. The monoisotopic (exact) mass is 238 g/mol. The third kappa shape index (κ3) is 5.53. The van der Waals surface area contributed by atoms with Crippen molar-refractivity contribution < 1.29 is 19.2 Å². The van der Waals surface area contributed by atoms with Crippen molar-refractivity contribution in [2.24, 2.45) is 0 Å². The minimum absolute atomic E-state index is 0.149. The second-order valence-corrected chi connectivity index (χ2v) is 3.13. The Bertz CT molecular complexity index is 367. The molecule has 0 saturated carbocycles. The number of carbonyl (C=O) groups is 2. The van der Waals surface area contributed by atoms with Crippen molar-refractivity contribution in [3.05, 3.63) is 35.9 Å². The minimum Gasteiger partial charge on any atom is -0.443 e. The molecule has 92 valence electrons. The number of hydrogen-bond donors (Lipinski definition) is 2. The van der Waals surface area contributed by atoms with E-state index in [0.717, 1.165) is 5.56 Å². The number of carbonyl (C=O) groups excluding carboxylic acids is 2. The molecule has 0 radical (unpaired) electrons. The Balaban J connectivity index is 2.16. The number of ether oxygens (including phenoxy) is 1. The molecule has 0 aliphatic rings. The van der Waals surface area contributed by atoms with Crippen molar-refractivity contribution >= 4 is 12.0 Å². The fourth-order valence-electron chi connectivity index (χ4n) is 0.985. The molecule has 0 aliphatic heterocycles. The summed E-state index contributed by atoms with van der Waals surface area (Å²) < 4.78 is 4.84. The van der Waals surface area contributed by atoms with Crippen LogP contribution in [0.4, 0.5) is 4.79 Å². The van der Waals surface area contributed by atoms with Gasteiger partial charge in [-0.15, -0.1) is 0 Å². The Morgan fingerprint density at radius 1 is 1.24 bits per heavy atom. The van der Waals surface area contributed by atoms with Crippen LogP contribution in [0.3, 0.4) is 0 Å². The lowest BCUT2D eigenvalue weighted by Crippen LogP contribution is -2.31. The van der Waals surface area contributed by atoms with Crippen LogP contribution in [-0.4, -0.2) is 25.7 Å². The molecule has 6 heteroatoms. The number of nitrogens with one attached hydrogen (secondary N) is 2. The lowest BCUT2D eigenvalue weighted by atomic mass is 10.2. The van der Waals surface area contributed by atoms with Gasteiger partial charge in [-0.25, -0.2) is 4.79 Å². The van der Waals surface area contributed by atoms with Crippen molar-refractivity contribution in [1.29, 1.82) is 0 Å². The molecule has 17 heavy (non-hydrogen) atoms. The van der Waals surface area contributed by atoms with E-state index in [-0.39, 0.29) is 19.1 Å². The van der Waals surface area contributed by atoms with E-state index < -0.39 is 6.09 Å². The van der Waals surface area contributed by atoms with Crippen LogP contribution < -0.4 is 10.8 Å². The Kier molecular flexibility index (Phi) is 5.53. The Labute approximate surface area is 98.9 Å². The summed E-state index contributed by atoms with van der Waals surface area (Å²) in [6.45, 7) is -0.104. The smallest absolute Gasteiger partial charge is 0.431 e. The highest BCUT2D eigenvalue weighted by Gasteiger charge is 2.04. The third-order valence-electron chi connectivity index (χ3n) is 1.85. The van der Waals surface area contributed by atoms with Gasteiger partial charge in [0.05, 0.1) is 0 Å². The van der Waals surface area contributed by atoms with Crippen LogP contribution in [-0.2, 0) is 21.0 Å². The topological polar surface area (TPSA) is 76.7 Å². The van der Waals surface area contributed by atoms with E-state index >= 15 is 0 Å². The predicted molar refractivity (Wildman–Crippen MR) is 59.8 cm³/mol. The zero-order chi connectivity index (χ0) is 12.5. The Morgan fingerprint density at radius 2 is 1.94 bits per heavy atom. The summed E-state index contributed by atoms with van der Waals surface area (Å²) in [6, 6.07) is 9.23. The molecule has 6 nitrogen and oxygen atoms in total. The average Bonchev–Trinajstić information content (AvgIpc) is 2.37. The molecule has 0 atom stereocenters. The number of hydroxylamine groups is 1. The lowest BCUT2D eigenvalue weighted by molar-refractivity contribution is -0.127. The summed E-state index contributed by atoms with van der Waals surface area (Å²) >= 11 is 0. The van der Waals surface area contributed by atoms with Crippen LogP contribution in [0.5, 0.6) is 0 Å². The maximum atomic E-state index is 11.1. The van der Waals surface area contributed by atoms with E-state index in [1.807, 2.05) is 35.8 Å². The standard InChI is InChI=1S/C11H14N2O4/c1-12-10(14)8-17-13-11(15)16-7-9-5-3-2-4-6-9/h2-6H,7-8H2,1H3,(H,12,14)(H,13,15). The molecule has 1 aromatic rings. The first-order valence-electron chi connectivity index (χ1n) is 5.01. The molecule has 0 heterocycles. The van der Waals surface area contributed by atoms with Crippen molar-refractivity contribution in [2.45, 2.75) is 6.61 Å². The molecule has 0 unspecified atom stereocenters. The zero-order valence-electron chi connectivity index (χ0n) is 9.43. The molecule has 1 aromatic carbocycles. The minimum atomic E-state index is -0.738. The van der Waals surface area contributed by atoms with E-state index in [0.29, 0.717) is 0 Å². The second-order valence-electron chi connectivity index (χ2n) is 3.13. The van der Waals surface area contributed by atoms with Crippen LogP contribution >= 0.6 is 0 Å². The number of hydrogen-bond acceptors (Lipinski definition) is 4. The summed E-state index contributed by atoms with van der Waals surface area (Å²) in [5.41, 5.74) is 2.87. The normalized spacial score (nSPS) is 9.47. The molecule has 1 rings (SSSR count). The number of likely N-dealkylation sites (N-methyl/N-ethyl adjacent to an activating group) is 1. The van der Waals surface area contributed by atoms with Crippen LogP contribution in [0.1, 0.15) is 5.56 Å². The lowest BCUT2D eigenvalue weighted by Gasteiger charge is -2.06. The summed E-state index contributed by atoms with van der Waals surface area (Å²) in [5.74, 6) is -0.339. The van der Waals surface area contributed by atoms with E-state index in [4.69, 9.17) is 4.74 Å². The Hall–Kier alpha value is -2.08. The van der Waals surface area contributed by atoms with Crippen molar-refractivity contribution in [1.82, 2.24) is 10.8 Å². The molecule has 2 N–H and O–H groups in total. The van der Waals surface area contributed by atoms with Gasteiger partial charge >= 0.3 is 6.09 Å². The molecular weight excluding hydrogens is 224 g/mol. The van der Waals surface area contributed by atoms with Crippen molar-refractivity contribution in [3.63, 3.8) is 0 Å². The maximum absolute atomic E-state index is 11.1.